The summed E-state index contributed by atoms with van der Waals surface area (Å²) in [5.41, 5.74) is 0. The number of methoxy groups -OCH3 is 1. The van der Waals surface area contributed by atoms with E-state index in [4.69, 9.17) is 4.74 Å². The highest BCUT2D eigenvalue weighted by atomic mass is 79.9. The van der Waals surface area contributed by atoms with Crippen molar-refractivity contribution in [3.63, 3.8) is 0 Å². The molecule has 0 aromatic carbocycles. The molecule has 0 saturated carbocycles. The topological polar surface area (TPSA) is 9.23 Å². The van der Waals surface area contributed by atoms with Crippen LogP contribution in [0.4, 0.5) is 0 Å². The molecule has 0 atom stereocenters. The Morgan fingerprint density at radius 1 is 0.769 bits per heavy atom. The van der Waals surface area contributed by atoms with Gasteiger partial charge in [0, 0.05) is 0 Å². The molecule has 1 nitrogen and oxygen atoms in total. The highest BCUT2D eigenvalue weighted by molar-refractivity contribution is 9.11. The minimum absolute atomic E-state index is 1.62. The van der Waals surface area contributed by atoms with Crippen molar-refractivity contribution in [2.45, 2.75) is 0 Å². The molecule has 0 aliphatic heterocycles. The van der Waals surface area contributed by atoms with Gasteiger partial charge in [0.25, 0.3) is 0 Å². The van der Waals surface area contributed by atoms with Crippen molar-refractivity contribution in [1.82, 2.24) is 0 Å². The summed E-state index contributed by atoms with van der Waals surface area (Å²) >= 11 is 3.17. The molecule has 0 unspecified atom stereocenters. The first-order chi connectivity index (χ1) is 6.41. The van der Waals surface area contributed by atoms with Gasteiger partial charge in [0.2, 0.25) is 0 Å². The van der Waals surface area contributed by atoms with Crippen LogP contribution in [0.1, 0.15) is 0 Å². The molecular formula is C11H13BrO. The van der Waals surface area contributed by atoms with Gasteiger partial charge in [0.15, 0.2) is 0 Å². The lowest BCUT2D eigenvalue weighted by Crippen LogP contribution is -1.60. The second-order valence-electron chi connectivity index (χ2n) is 2.04. The molecule has 0 radical (unpaired) electrons. The van der Waals surface area contributed by atoms with Crippen LogP contribution in [0.2, 0.25) is 0 Å². The molecule has 0 aromatic rings. The summed E-state index contributed by atoms with van der Waals surface area (Å²) < 4.78 is 4.72. The van der Waals surface area contributed by atoms with Gasteiger partial charge in [-0.1, -0.05) is 58.5 Å². The molecule has 0 aliphatic carbocycles. The summed E-state index contributed by atoms with van der Waals surface area (Å²) in [7, 11) is 1.62. The van der Waals surface area contributed by atoms with E-state index in [1.54, 1.807) is 18.4 Å². The summed E-state index contributed by atoms with van der Waals surface area (Å²) in [5.74, 6) is 0. The molecule has 0 spiro atoms. The van der Waals surface area contributed by atoms with Crippen LogP contribution < -0.4 is 0 Å². The lowest BCUT2D eigenvalue weighted by Gasteiger charge is -1.79. The van der Waals surface area contributed by atoms with E-state index in [0.717, 1.165) is 0 Å². The van der Waals surface area contributed by atoms with Crippen molar-refractivity contribution in [2.24, 2.45) is 0 Å². The second kappa shape index (κ2) is 11.0. The molecule has 0 heterocycles. The molecule has 0 saturated heterocycles. The Kier molecular flexibility index (Phi) is 10.1. The monoisotopic (exact) mass is 240 g/mol. The van der Waals surface area contributed by atoms with E-state index in [-0.39, 0.29) is 0 Å². The molecule has 2 heteroatoms. The van der Waals surface area contributed by atoms with Gasteiger partial charge >= 0.3 is 0 Å². The van der Waals surface area contributed by atoms with Gasteiger partial charge in [-0.2, -0.15) is 0 Å². The predicted octanol–water partition coefficient (Wildman–Crippen LogP) is 3.72. The van der Waals surface area contributed by atoms with E-state index in [2.05, 4.69) is 15.9 Å². The fraction of sp³-hybridized carbons (Fsp3) is 0.0909. The van der Waals surface area contributed by atoms with Gasteiger partial charge in [0.05, 0.1) is 13.4 Å². The van der Waals surface area contributed by atoms with E-state index in [9.17, 15) is 0 Å². The number of rotatable bonds is 5. The zero-order valence-electron chi connectivity index (χ0n) is 7.56. The minimum Gasteiger partial charge on any atom is -0.504 e. The number of halogens is 1. The Hall–Kier alpha value is -1.02. The van der Waals surface area contributed by atoms with E-state index in [1.165, 1.54) is 0 Å². The quantitative estimate of drug-likeness (QED) is 0.526. The van der Waals surface area contributed by atoms with Crippen LogP contribution >= 0.6 is 15.9 Å². The number of ether oxygens (including phenoxy) is 1. The van der Waals surface area contributed by atoms with Crippen molar-refractivity contribution in [1.29, 1.82) is 0 Å². The summed E-state index contributed by atoms with van der Waals surface area (Å²) in [6.45, 7) is 0. The maximum atomic E-state index is 4.72. The molecule has 0 bridgehead atoms. The van der Waals surface area contributed by atoms with Crippen molar-refractivity contribution in [3.05, 3.63) is 59.9 Å². The fourth-order valence-corrected chi connectivity index (χ4v) is 0.727. The Bertz CT molecular complexity index is 234. The molecule has 13 heavy (non-hydrogen) atoms. The summed E-state index contributed by atoms with van der Waals surface area (Å²) in [6.07, 6.45) is 16.9. The Balaban J connectivity index is 3.62. The number of hydrogen-bond acceptors (Lipinski definition) is 1. The fourth-order valence-electron chi connectivity index (χ4n) is 0.551. The number of hydrogen-bond donors (Lipinski definition) is 0. The van der Waals surface area contributed by atoms with E-state index in [1.807, 2.05) is 48.6 Å². The molecule has 0 aliphatic rings. The van der Waals surface area contributed by atoms with Gasteiger partial charge in [-0.25, -0.2) is 0 Å². The average Bonchev–Trinajstić information content (AvgIpc) is 2.16. The average molecular weight is 241 g/mol. The molecule has 0 rings (SSSR count). The highest BCUT2D eigenvalue weighted by Crippen LogP contribution is 1.86. The van der Waals surface area contributed by atoms with Crippen molar-refractivity contribution in [3.8, 4) is 0 Å². The van der Waals surface area contributed by atoms with E-state index < -0.39 is 0 Å². The van der Waals surface area contributed by atoms with E-state index >= 15 is 0 Å². The standard InChI is InChI=1S/C11H13BrO/c1-13-11-9-7-5-3-2-4-6-8-10-12/h2-11H,1H3/b3-2+,6-4+,7-5+,10-8+,11-9+. The third kappa shape index (κ3) is 11.0. The Labute approximate surface area is 87.9 Å². The summed E-state index contributed by atoms with van der Waals surface area (Å²) in [4.78, 5) is 1.80. The largest absolute Gasteiger partial charge is 0.504 e. The van der Waals surface area contributed by atoms with E-state index in [0.29, 0.717) is 0 Å². The minimum atomic E-state index is 1.62. The van der Waals surface area contributed by atoms with Gasteiger partial charge < -0.3 is 4.74 Å². The lowest BCUT2D eigenvalue weighted by molar-refractivity contribution is 0.338. The van der Waals surface area contributed by atoms with Crippen LogP contribution in [0.5, 0.6) is 0 Å². The first kappa shape index (κ1) is 12.0. The van der Waals surface area contributed by atoms with Crippen LogP contribution in [0.25, 0.3) is 0 Å². The highest BCUT2D eigenvalue weighted by Gasteiger charge is 1.62. The van der Waals surface area contributed by atoms with Gasteiger partial charge in [0.1, 0.15) is 0 Å². The third-order valence-corrected chi connectivity index (χ3v) is 1.37. The maximum Gasteiger partial charge on any atom is 0.0824 e. The first-order valence-electron chi connectivity index (χ1n) is 3.86. The predicted molar refractivity (Wildman–Crippen MR) is 61.6 cm³/mol. The van der Waals surface area contributed by atoms with Gasteiger partial charge in [-0.15, -0.1) is 0 Å². The van der Waals surface area contributed by atoms with Gasteiger partial charge in [-0.3, -0.25) is 0 Å². The zero-order valence-corrected chi connectivity index (χ0v) is 9.15. The third-order valence-electron chi connectivity index (χ3n) is 1.07. The van der Waals surface area contributed by atoms with Crippen LogP contribution in [0.3, 0.4) is 0 Å². The Morgan fingerprint density at radius 2 is 1.23 bits per heavy atom. The molecule has 0 aromatic heterocycles. The summed E-state index contributed by atoms with van der Waals surface area (Å²) in [6, 6.07) is 0. The second-order valence-corrected chi connectivity index (χ2v) is 2.57. The smallest absolute Gasteiger partial charge is 0.0824 e. The molecule has 0 amide bonds. The normalized spacial score (nSPS) is 13.4. The summed E-state index contributed by atoms with van der Waals surface area (Å²) in [5, 5.41) is 0. The lowest BCUT2D eigenvalue weighted by atomic mass is 10.4. The Morgan fingerprint density at radius 3 is 1.69 bits per heavy atom. The van der Waals surface area contributed by atoms with Crippen LogP contribution in [0, 0.1) is 0 Å². The van der Waals surface area contributed by atoms with Crippen LogP contribution in [-0.4, -0.2) is 7.11 Å². The molecular weight excluding hydrogens is 228 g/mol. The van der Waals surface area contributed by atoms with Crippen molar-refractivity contribution < 1.29 is 4.74 Å². The SMILES string of the molecule is CO/C=C/C=C/C=C/C=C/C=C/Br. The van der Waals surface area contributed by atoms with Gasteiger partial charge in [-0.05, 0) is 11.1 Å². The molecule has 0 N–H and O–H groups in total. The first-order valence-corrected chi connectivity index (χ1v) is 4.78. The zero-order chi connectivity index (χ0) is 9.78. The maximum absolute atomic E-state index is 4.72. The van der Waals surface area contributed by atoms with Crippen molar-refractivity contribution in [2.75, 3.05) is 7.11 Å². The van der Waals surface area contributed by atoms with Crippen LogP contribution in [0.15, 0.2) is 59.9 Å². The van der Waals surface area contributed by atoms with Crippen molar-refractivity contribution >= 4 is 15.9 Å². The molecule has 0 fully saturated rings. The van der Waals surface area contributed by atoms with Crippen LogP contribution in [-0.2, 0) is 4.74 Å². The number of allylic oxidation sites excluding steroid dienone is 8. The molecule has 70 valence electrons.